The van der Waals surface area contributed by atoms with Gasteiger partial charge in [-0.25, -0.2) is 0 Å². The fourth-order valence-corrected chi connectivity index (χ4v) is 7.32. The van der Waals surface area contributed by atoms with Gasteiger partial charge >= 0.3 is 0 Å². The van der Waals surface area contributed by atoms with Gasteiger partial charge in [-0.05, 0) is 111 Å². The van der Waals surface area contributed by atoms with Crippen LogP contribution in [0.4, 0.5) is 0 Å². The third-order valence-corrected chi connectivity index (χ3v) is 8.28. The van der Waals surface area contributed by atoms with Crippen molar-refractivity contribution in [2.24, 2.45) is 41.4 Å². The Kier molecular flexibility index (Phi) is 4.74. The standard InChI is InChI=1S/C25H36O2/c1-15(2)4-5-17-6-10-21(11-7-17)26-16(3)27-23-14-20-13-22(23)25-19-9-8-18(12-19)24(20)25/h6-7,10-11,15-16,18-20,22-25H,4-5,8-9,12-14H2,1-3H3. The van der Waals surface area contributed by atoms with Gasteiger partial charge < -0.3 is 9.47 Å². The number of hydrogen-bond donors (Lipinski definition) is 0. The molecule has 1 aromatic carbocycles. The van der Waals surface area contributed by atoms with Crippen LogP contribution in [0.15, 0.2) is 24.3 Å². The van der Waals surface area contributed by atoms with Gasteiger partial charge in [-0.1, -0.05) is 26.0 Å². The lowest BCUT2D eigenvalue weighted by atomic mass is 9.70. The van der Waals surface area contributed by atoms with Crippen molar-refractivity contribution in [1.82, 2.24) is 0 Å². The van der Waals surface area contributed by atoms with Crippen molar-refractivity contribution in [3.63, 3.8) is 0 Å². The van der Waals surface area contributed by atoms with Crippen molar-refractivity contribution in [2.45, 2.75) is 78.1 Å². The fourth-order valence-electron chi connectivity index (χ4n) is 7.32. The van der Waals surface area contributed by atoms with Crippen LogP contribution in [0, 0.1) is 41.4 Å². The Bertz CT molecular complexity index is 651. The minimum absolute atomic E-state index is 0.145. The molecule has 0 aliphatic heterocycles. The van der Waals surface area contributed by atoms with E-state index in [2.05, 4.69) is 45.0 Å². The summed E-state index contributed by atoms with van der Waals surface area (Å²) in [7, 11) is 0. The number of hydrogen-bond acceptors (Lipinski definition) is 2. The number of aryl methyl sites for hydroxylation is 1. The largest absolute Gasteiger partial charge is 0.465 e. The number of rotatable bonds is 7. The molecule has 8 atom stereocenters. The van der Waals surface area contributed by atoms with Crippen molar-refractivity contribution >= 4 is 0 Å². The Morgan fingerprint density at radius 1 is 0.889 bits per heavy atom. The van der Waals surface area contributed by atoms with Gasteiger partial charge in [-0.3, -0.25) is 0 Å². The summed E-state index contributed by atoms with van der Waals surface area (Å²) in [6.45, 7) is 6.65. The zero-order chi connectivity index (χ0) is 18.5. The molecule has 4 bridgehead atoms. The highest BCUT2D eigenvalue weighted by atomic mass is 16.7. The molecule has 0 amide bonds. The van der Waals surface area contributed by atoms with Crippen molar-refractivity contribution in [2.75, 3.05) is 0 Å². The van der Waals surface area contributed by atoms with Crippen LogP contribution in [0.25, 0.3) is 0 Å². The van der Waals surface area contributed by atoms with E-state index in [0.29, 0.717) is 6.10 Å². The monoisotopic (exact) mass is 368 g/mol. The molecule has 5 rings (SSSR count). The van der Waals surface area contributed by atoms with Crippen LogP contribution < -0.4 is 4.74 Å². The summed E-state index contributed by atoms with van der Waals surface area (Å²) < 4.78 is 12.6. The second kappa shape index (κ2) is 7.10. The molecular weight excluding hydrogens is 332 g/mol. The Hall–Kier alpha value is -1.02. The first-order valence-corrected chi connectivity index (χ1v) is 11.5. The summed E-state index contributed by atoms with van der Waals surface area (Å²) >= 11 is 0. The second-order valence-electron chi connectivity index (χ2n) is 10.3. The number of ether oxygens (including phenoxy) is 2. The van der Waals surface area contributed by atoms with Crippen molar-refractivity contribution < 1.29 is 9.47 Å². The average Bonchev–Trinajstić information content (AvgIpc) is 3.40. The third kappa shape index (κ3) is 3.33. The lowest BCUT2D eigenvalue weighted by Crippen LogP contribution is -2.38. The van der Waals surface area contributed by atoms with Crippen LogP contribution in [0.2, 0.25) is 0 Å². The normalized spacial score (nSPS) is 39.9. The number of benzene rings is 1. The van der Waals surface area contributed by atoms with E-state index in [1.165, 1.54) is 44.1 Å². The molecule has 4 fully saturated rings. The van der Waals surface area contributed by atoms with Crippen molar-refractivity contribution in [1.29, 1.82) is 0 Å². The summed E-state index contributed by atoms with van der Waals surface area (Å²) in [6.07, 6.45) is 9.97. The van der Waals surface area contributed by atoms with Crippen molar-refractivity contribution in [3.8, 4) is 5.75 Å². The molecule has 0 N–H and O–H groups in total. The molecule has 0 radical (unpaired) electrons. The quantitative estimate of drug-likeness (QED) is 0.428. The lowest BCUT2D eigenvalue weighted by molar-refractivity contribution is -0.137. The van der Waals surface area contributed by atoms with Crippen molar-refractivity contribution in [3.05, 3.63) is 29.8 Å². The van der Waals surface area contributed by atoms with E-state index in [-0.39, 0.29) is 6.29 Å². The summed E-state index contributed by atoms with van der Waals surface area (Å²) in [5.41, 5.74) is 1.40. The molecule has 2 heteroatoms. The van der Waals surface area contributed by atoms with Gasteiger partial charge in [0.25, 0.3) is 0 Å². The minimum Gasteiger partial charge on any atom is -0.465 e. The molecule has 4 aliphatic carbocycles. The topological polar surface area (TPSA) is 18.5 Å². The SMILES string of the molecule is CC(C)CCc1ccc(OC(C)OC2CC3CC2C2C4CCC(C4)C32)cc1. The van der Waals surface area contributed by atoms with E-state index < -0.39 is 0 Å². The van der Waals surface area contributed by atoms with Gasteiger partial charge in [0, 0.05) is 0 Å². The van der Waals surface area contributed by atoms with Gasteiger partial charge in [-0.15, -0.1) is 0 Å². The van der Waals surface area contributed by atoms with Gasteiger partial charge in [0.1, 0.15) is 5.75 Å². The Morgan fingerprint density at radius 2 is 1.63 bits per heavy atom. The molecular formula is C25H36O2. The Balaban J connectivity index is 1.15. The number of fused-ring (bicyclic) bond motifs is 9. The Morgan fingerprint density at radius 3 is 2.37 bits per heavy atom. The molecule has 27 heavy (non-hydrogen) atoms. The first-order valence-electron chi connectivity index (χ1n) is 11.5. The van der Waals surface area contributed by atoms with E-state index in [0.717, 1.165) is 53.6 Å². The van der Waals surface area contributed by atoms with Gasteiger partial charge in [-0.2, -0.15) is 0 Å². The van der Waals surface area contributed by atoms with Crippen LogP contribution in [-0.4, -0.2) is 12.4 Å². The minimum atomic E-state index is -0.145. The average molecular weight is 369 g/mol. The van der Waals surface area contributed by atoms with Gasteiger partial charge in [0.05, 0.1) is 6.10 Å². The predicted octanol–water partition coefficient (Wildman–Crippen LogP) is 6.09. The van der Waals surface area contributed by atoms with Crippen LogP contribution in [0.3, 0.4) is 0 Å². The Labute approximate surface area is 165 Å². The van der Waals surface area contributed by atoms with Gasteiger partial charge in [0.15, 0.2) is 6.29 Å². The summed E-state index contributed by atoms with van der Waals surface area (Å²) in [6, 6.07) is 8.65. The maximum absolute atomic E-state index is 6.45. The van der Waals surface area contributed by atoms with E-state index >= 15 is 0 Å². The highest BCUT2D eigenvalue weighted by Gasteiger charge is 2.62. The fraction of sp³-hybridized carbons (Fsp3) is 0.760. The molecule has 8 unspecified atom stereocenters. The third-order valence-electron chi connectivity index (χ3n) is 8.28. The zero-order valence-corrected chi connectivity index (χ0v) is 17.3. The van der Waals surface area contributed by atoms with E-state index in [1.807, 2.05) is 0 Å². The molecule has 0 saturated heterocycles. The highest BCUT2D eigenvalue weighted by molar-refractivity contribution is 5.27. The molecule has 2 nitrogen and oxygen atoms in total. The first kappa shape index (κ1) is 18.0. The van der Waals surface area contributed by atoms with Crippen LogP contribution in [0.1, 0.15) is 64.9 Å². The maximum Gasteiger partial charge on any atom is 0.197 e. The zero-order valence-electron chi connectivity index (χ0n) is 17.3. The molecule has 0 spiro atoms. The summed E-state index contributed by atoms with van der Waals surface area (Å²) in [4.78, 5) is 0. The molecule has 0 aromatic heterocycles. The van der Waals surface area contributed by atoms with E-state index in [4.69, 9.17) is 9.47 Å². The molecule has 148 valence electrons. The van der Waals surface area contributed by atoms with Crippen LogP contribution in [0.5, 0.6) is 5.75 Å². The molecule has 4 aliphatic rings. The predicted molar refractivity (Wildman–Crippen MR) is 109 cm³/mol. The van der Waals surface area contributed by atoms with Crippen LogP contribution >= 0.6 is 0 Å². The van der Waals surface area contributed by atoms with E-state index in [1.54, 1.807) is 0 Å². The van der Waals surface area contributed by atoms with Crippen LogP contribution in [-0.2, 0) is 11.2 Å². The maximum atomic E-state index is 6.45. The molecule has 0 heterocycles. The summed E-state index contributed by atoms with van der Waals surface area (Å²) in [5, 5.41) is 0. The smallest absolute Gasteiger partial charge is 0.197 e. The molecule has 1 aromatic rings. The lowest BCUT2D eigenvalue weighted by Gasteiger charge is -2.39. The highest BCUT2D eigenvalue weighted by Crippen LogP contribution is 2.67. The molecule has 4 saturated carbocycles. The second-order valence-corrected chi connectivity index (χ2v) is 10.3. The van der Waals surface area contributed by atoms with E-state index in [9.17, 15) is 0 Å². The first-order chi connectivity index (χ1) is 13.1. The van der Waals surface area contributed by atoms with Gasteiger partial charge in [0.2, 0.25) is 0 Å². The summed E-state index contributed by atoms with van der Waals surface area (Å²) in [5.74, 6) is 7.60.